The Morgan fingerprint density at radius 3 is 2.65 bits per heavy atom. The number of amides is 1. The van der Waals surface area contributed by atoms with Gasteiger partial charge in [0.1, 0.15) is 5.01 Å². The van der Waals surface area contributed by atoms with Crippen LogP contribution in [0.25, 0.3) is 12.2 Å². The molecule has 0 aliphatic heterocycles. The third kappa shape index (κ3) is 5.47. The van der Waals surface area contributed by atoms with E-state index in [9.17, 15) is 14.7 Å². The van der Waals surface area contributed by atoms with Crippen molar-refractivity contribution in [3.05, 3.63) is 81.8 Å². The summed E-state index contributed by atoms with van der Waals surface area (Å²) in [5, 5.41) is 15.5. The van der Waals surface area contributed by atoms with Crippen molar-refractivity contribution in [2.75, 3.05) is 5.32 Å². The number of carbonyl (C=O) groups excluding carboxylic acids is 1. The first-order valence-corrected chi connectivity index (χ1v) is 11.3. The molecule has 1 saturated carbocycles. The summed E-state index contributed by atoms with van der Waals surface area (Å²) in [6.45, 7) is 0. The van der Waals surface area contributed by atoms with Crippen LogP contribution in [0.4, 0.5) is 5.69 Å². The van der Waals surface area contributed by atoms with Crippen LogP contribution in [-0.4, -0.2) is 22.0 Å². The van der Waals surface area contributed by atoms with E-state index in [2.05, 4.69) is 10.7 Å². The zero-order chi connectivity index (χ0) is 21.6. The molecule has 0 spiro atoms. The largest absolute Gasteiger partial charge is 0.481 e. The van der Waals surface area contributed by atoms with Crippen molar-refractivity contribution < 1.29 is 14.7 Å². The zero-order valence-corrected chi connectivity index (χ0v) is 17.8. The molecule has 4 rings (SSSR count). The Balaban J connectivity index is 1.39. The van der Waals surface area contributed by atoms with Gasteiger partial charge in [0.25, 0.3) is 0 Å². The number of hydrogen-bond acceptors (Lipinski definition) is 4. The van der Waals surface area contributed by atoms with E-state index in [1.165, 1.54) is 25.0 Å². The average molecular weight is 433 g/mol. The molecule has 158 valence electrons. The molecule has 1 aromatic heterocycles. The fourth-order valence-corrected chi connectivity index (χ4v) is 4.38. The van der Waals surface area contributed by atoms with Gasteiger partial charge >= 0.3 is 5.97 Å². The van der Waals surface area contributed by atoms with Gasteiger partial charge in [-0.1, -0.05) is 55.0 Å². The monoisotopic (exact) mass is 432 g/mol. The number of nitrogens with zero attached hydrogens (tertiary/aromatic N) is 1. The van der Waals surface area contributed by atoms with Crippen molar-refractivity contribution >= 4 is 41.1 Å². The summed E-state index contributed by atoms with van der Waals surface area (Å²) >= 11 is 1.65. The molecule has 1 atom stereocenters. The second kappa shape index (κ2) is 9.71. The van der Waals surface area contributed by atoms with E-state index in [1.54, 1.807) is 41.7 Å². The van der Waals surface area contributed by atoms with Gasteiger partial charge in [-0.3, -0.25) is 9.59 Å². The van der Waals surface area contributed by atoms with Crippen LogP contribution >= 0.6 is 11.3 Å². The first-order valence-electron chi connectivity index (χ1n) is 10.4. The van der Waals surface area contributed by atoms with E-state index in [0.29, 0.717) is 17.2 Å². The lowest BCUT2D eigenvalue weighted by molar-refractivity contribution is -0.140. The van der Waals surface area contributed by atoms with Crippen molar-refractivity contribution in [3.8, 4) is 0 Å². The SMILES string of the molecule is O=C(CC(C(=O)O)c1ccccc1)Nc1cccc(C=Cc2nc(C3CCC3)cs2)c1. The van der Waals surface area contributed by atoms with Gasteiger partial charge in [-0.25, -0.2) is 4.98 Å². The first-order chi connectivity index (χ1) is 15.1. The van der Waals surface area contributed by atoms with Gasteiger partial charge in [-0.05, 0) is 42.2 Å². The highest BCUT2D eigenvalue weighted by atomic mass is 32.1. The molecule has 1 aliphatic carbocycles. The number of benzene rings is 2. The van der Waals surface area contributed by atoms with Crippen LogP contribution in [0.15, 0.2) is 60.0 Å². The lowest BCUT2D eigenvalue weighted by Gasteiger charge is -2.22. The molecule has 31 heavy (non-hydrogen) atoms. The fraction of sp³-hybridized carbons (Fsp3) is 0.240. The quantitative estimate of drug-likeness (QED) is 0.473. The minimum absolute atomic E-state index is 0.123. The first kappa shape index (κ1) is 21.0. The summed E-state index contributed by atoms with van der Waals surface area (Å²) in [5.41, 5.74) is 3.39. The van der Waals surface area contributed by atoms with Crippen LogP contribution in [0.3, 0.4) is 0 Å². The molecule has 1 heterocycles. The molecule has 1 aliphatic rings. The summed E-state index contributed by atoms with van der Waals surface area (Å²) in [6.07, 6.45) is 7.61. The fourth-order valence-electron chi connectivity index (χ4n) is 3.59. The Morgan fingerprint density at radius 1 is 1.13 bits per heavy atom. The number of aliphatic carboxylic acids is 1. The number of rotatable bonds is 8. The zero-order valence-electron chi connectivity index (χ0n) is 17.0. The van der Waals surface area contributed by atoms with Gasteiger partial charge in [0, 0.05) is 23.4 Å². The minimum atomic E-state index is -1.01. The minimum Gasteiger partial charge on any atom is -0.481 e. The normalized spacial score (nSPS) is 14.8. The summed E-state index contributed by atoms with van der Waals surface area (Å²) in [4.78, 5) is 28.8. The highest BCUT2D eigenvalue weighted by Gasteiger charge is 2.23. The standard InChI is InChI=1S/C25H24N2O3S/c28-23(15-21(25(29)30)18-7-2-1-3-8-18)26-20-11-4-6-17(14-20)12-13-24-27-22(16-31-24)19-9-5-10-19/h1-4,6-8,11-14,16,19,21H,5,9-10,15H2,(H,26,28)(H,29,30). The number of nitrogens with one attached hydrogen (secondary N) is 1. The third-order valence-corrected chi connectivity index (χ3v) is 6.37. The molecule has 0 saturated heterocycles. The van der Waals surface area contributed by atoms with Crippen molar-refractivity contribution in [2.24, 2.45) is 0 Å². The van der Waals surface area contributed by atoms with Crippen LogP contribution in [0, 0.1) is 0 Å². The molecule has 3 aromatic rings. The van der Waals surface area contributed by atoms with E-state index in [4.69, 9.17) is 4.98 Å². The maximum atomic E-state index is 12.5. The van der Waals surface area contributed by atoms with Crippen molar-refractivity contribution in [2.45, 2.75) is 37.5 Å². The van der Waals surface area contributed by atoms with E-state index in [0.717, 1.165) is 10.6 Å². The molecule has 5 nitrogen and oxygen atoms in total. The van der Waals surface area contributed by atoms with Crippen molar-refractivity contribution in [1.29, 1.82) is 0 Å². The Hall–Kier alpha value is -3.25. The Bertz CT molecular complexity index is 1090. The number of carbonyl (C=O) groups is 2. The molecule has 0 bridgehead atoms. The second-order valence-electron chi connectivity index (χ2n) is 7.75. The summed E-state index contributed by atoms with van der Waals surface area (Å²) < 4.78 is 0. The molecule has 2 aromatic carbocycles. The maximum absolute atomic E-state index is 12.5. The second-order valence-corrected chi connectivity index (χ2v) is 8.64. The number of carboxylic acids is 1. The summed E-state index contributed by atoms with van der Waals surface area (Å²) in [7, 11) is 0. The molecule has 1 unspecified atom stereocenters. The van der Waals surface area contributed by atoms with Crippen LogP contribution in [-0.2, 0) is 9.59 Å². The maximum Gasteiger partial charge on any atom is 0.311 e. The van der Waals surface area contributed by atoms with Gasteiger partial charge in [-0.2, -0.15) is 0 Å². The topological polar surface area (TPSA) is 79.3 Å². The van der Waals surface area contributed by atoms with Gasteiger partial charge in [0.05, 0.1) is 11.6 Å². The molecule has 0 radical (unpaired) electrons. The van der Waals surface area contributed by atoms with Crippen molar-refractivity contribution in [1.82, 2.24) is 4.98 Å². The van der Waals surface area contributed by atoms with E-state index >= 15 is 0 Å². The Morgan fingerprint density at radius 2 is 1.94 bits per heavy atom. The number of carboxylic acid groups (broad SMARTS) is 1. The van der Waals surface area contributed by atoms with Gasteiger partial charge in [-0.15, -0.1) is 11.3 Å². The lowest BCUT2D eigenvalue weighted by Crippen LogP contribution is -2.20. The molecule has 6 heteroatoms. The van der Waals surface area contributed by atoms with Crippen molar-refractivity contribution in [3.63, 3.8) is 0 Å². The van der Waals surface area contributed by atoms with Gasteiger partial charge in [0.2, 0.25) is 5.91 Å². The van der Waals surface area contributed by atoms with E-state index in [-0.39, 0.29) is 12.3 Å². The highest BCUT2D eigenvalue weighted by Crippen LogP contribution is 2.36. The molecular weight excluding hydrogens is 408 g/mol. The van der Waals surface area contributed by atoms with Gasteiger partial charge < -0.3 is 10.4 Å². The molecule has 2 N–H and O–H groups in total. The predicted octanol–water partition coefficient (Wildman–Crippen LogP) is 5.78. The number of anilines is 1. The molecular formula is C25H24N2O3S. The van der Waals surface area contributed by atoms with Crippen LogP contribution < -0.4 is 5.32 Å². The number of hydrogen-bond donors (Lipinski definition) is 2. The predicted molar refractivity (Wildman–Crippen MR) is 124 cm³/mol. The van der Waals surface area contributed by atoms with Gasteiger partial charge in [0.15, 0.2) is 0 Å². The Labute approximate surface area is 185 Å². The lowest BCUT2D eigenvalue weighted by atomic mass is 9.83. The average Bonchev–Trinajstić information content (AvgIpc) is 3.18. The van der Waals surface area contributed by atoms with E-state index in [1.807, 2.05) is 36.4 Å². The summed E-state index contributed by atoms with van der Waals surface area (Å²) in [5.74, 6) is -1.59. The van der Waals surface area contributed by atoms with Crippen LogP contribution in [0.5, 0.6) is 0 Å². The number of aromatic nitrogens is 1. The molecule has 1 fully saturated rings. The van der Waals surface area contributed by atoms with E-state index < -0.39 is 11.9 Å². The molecule has 1 amide bonds. The highest BCUT2D eigenvalue weighted by molar-refractivity contribution is 7.10. The van der Waals surface area contributed by atoms with Crippen LogP contribution in [0.1, 0.15) is 59.3 Å². The Kier molecular flexibility index (Phi) is 6.57. The smallest absolute Gasteiger partial charge is 0.311 e. The van der Waals surface area contributed by atoms with Crippen LogP contribution in [0.2, 0.25) is 0 Å². The number of thiazole rings is 1. The summed E-state index contributed by atoms with van der Waals surface area (Å²) in [6, 6.07) is 16.3. The third-order valence-electron chi connectivity index (χ3n) is 5.54.